The largest absolute Gasteiger partial charge is 0.330 e. The van der Waals surface area contributed by atoms with Gasteiger partial charge in [0.2, 0.25) is 5.78 Å². The summed E-state index contributed by atoms with van der Waals surface area (Å²) in [6.45, 7) is 2.43. The summed E-state index contributed by atoms with van der Waals surface area (Å²) in [5, 5.41) is 2.67. The first-order valence-corrected chi connectivity index (χ1v) is 6.20. The number of carbonyl (C=O) groups is 1. The van der Waals surface area contributed by atoms with E-state index in [-0.39, 0.29) is 5.78 Å². The van der Waals surface area contributed by atoms with Crippen LogP contribution in [0.15, 0.2) is 23.7 Å². The highest BCUT2D eigenvalue weighted by Crippen LogP contribution is 2.14. The van der Waals surface area contributed by atoms with Crippen molar-refractivity contribution in [2.45, 2.75) is 13.3 Å². The van der Waals surface area contributed by atoms with Crippen LogP contribution in [0.5, 0.6) is 0 Å². The lowest BCUT2D eigenvalue weighted by Crippen LogP contribution is -2.05. The van der Waals surface area contributed by atoms with Crippen LogP contribution in [-0.4, -0.2) is 22.3 Å². The number of nitrogens with zero attached hydrogens (tertiary/aromatic N) is 2. The Morgan fingerprint density at radius 3 is 2.94 bits per heavy atom. The Morgan fingerprint density at radius 2 is 2.29 bits per heavy atom. The van der Waals surface area contributed by atoms with Crippen molar-refractivity contribution in [1.82, 2.24) is 9.97 Å². The molecule has 2 aromatic heterocycles. The zero-order valence-corrected chi connectivity index (χ0v) is 10.3. The third-order valence-corrected chi connectivity index (χ3v) is 3.22. The van der Waals surface area contributed by atoms with Gasteiger partial charge in [-0.15, -0.1) is 11.3 Å². The minimum Gasteiger partial charge on any atom is -0.330 e. The normalized spacial score (nSPS) is 10.5. The molecule has 5 heteroatoms. The van der Waals surface area contributed by atoms with E-state index < -0.39 is 0 Å². The molecular weight excluding hydrogens is 234 g/mol. The maximum absolute atomic E-state index is 12.0. The Kier molecular flexibility index (Phi) is 3.61. The number of carbonyl (C=O) groups excluding carboxylic acids is 1. The van der Waals surface area contributed by atoms with Crippen LogP contribution in [0.1, 0.15) is 26.8 Å². The van der Waals surface area contributed by atoms with Crippen molar-refractivity contribution >= 4 is 17.1 Å². The molecule has 0 spiro atoms. The molecule has 0 aliphatic rings. The van der Waals surface area contributed by atoms with Crippen LogP contribution in [0.4, 0.5) is 0 Å². The van der Waals surface area contributed by atoms with E-state index in [4.69, 9.17) is 5.73 Å². The molecule has 0 fully saturated rings. The van der Waals surface area contributed by atoms with E-state index in [0.717, 1.165) is 10.7 Å². The Bertz CT molecular complexity index is 519. The summed E-state index contributed by atoms with van der Waals surface area (Å²) in [5.41, 5.74) is 7.38. The summed E-state index contributed by atoms with van der Waals surface area (Å²) in [5.74, 6) is -0.0861. The van der Waals surface area contributed by atoms with E-state index >= 15 is 0 Å². The van der Waals surface area contributed by atoms with Gasteiger partial charge >= 0.3 is 0 Å². The van der Waals surface area contributed by atoms with Crippen molar-refractivity contribution in [3.8, 4) is 0 Å². The number of pyridine rings is 1. The lowest BCUT2D eigenvalue weighted by Gasteiger charge is -1.97. The van der Waals surface area contributed by atoms with Crippen LogP contribution in [-0.2, 0) is 6.42 Å². The average Bonchev–Trinajstić information content (AvgIpc) is 2.78. The second kappa shape index (κ2) is 5.16. The minimum absolute atomic E-state index is 0.0861. The molecule has 4 nitrogen and oxygen atoms in total. The summed E-state index contributed by atoms with van der Waals surface area (Å²) >= 11 is 1.47. The molecule has 0 amide bonds. The van der Waals surface area contributed by atoms with Gasteiger partial charge in [-0.3, -0.25) is 9.78 Å². The van der Waals surface area contributed by atoms with Crippen molar-refractivity contribution in [3.63, 3.8) is 0 Å². The maximum Gasteiger partial charge on any atom is 0.213 e. The van der Waals surface area contributed by atoms with Gasteiger partial charge in [0.05, 0.1) is 5.01 Å². The van der Waals surface area contributed by atoms with E-state index in [1.807, 2.05) is 13.0 Å². The Balaban J connectivity index is 2.21. The van der Waals surface area contributed by atoms with Crippen LogP contribution < -0.4 is 5.73 Å². The maximum atomic E-state index is 12.0. The average molecular weight is 247 g/mol. The first-order chi connectivity index (χ1) is 8.20. The summed E-state index contributed by atoms with van der Waals surface area (Å²) in [6.07, 6.45) is 2.30. The fourth-order valence-corrected chi connectivity index (χ4v) is 2.20. The Morgan fingerprint density at radius 1 is 1.47 bits per heavy atom. The molecule has 0 aromatic carbocycles. The molecule has 2 rings (SSSR count). The lowest BCUT2D eigenvalue weighted by molar-refractivity contribution is 0.103. The molecule has 0 unspecified atom stereocenters. The number of hydrogen-bond donors (Lipinski definition) is 1. The van der Waals surface area contributed by atoms with Crippen LogP contribution >= 0.6 is 11.3 Å². The number of aryl methyl sites for hydroxylation is 1. The molecule has 0 bridgehead atoms. The number of hydrogen-bond acceptors (Lipinski definition) is 5. The zero-order valence-electron chi connectivity index (χ0n) is 9.51. The second-order valence-corrected chi connectivity index (χ2v) is 4.63. The van der Waals surface area contributed by atoms with Crippen molar-refractivity contribution in [1.29, 1.82) is 0 Å². The van der Waals surface area contributed by atoms with Gasteiger partial charge in [0.15, 0.2) is 0 Å². The molecule has 0 saturated heterocycles. The SMILES string of the molecule is Cc1ccc(C(=O)c2csc(CCN)n2)cn1. The van der Waals surface area contributed by atoms with Crippen molar-refractivity contribution in [2.75, 3.05) is 6.54 Å². The molecular formula is C12H13N3OS. The summed E-state index contributed by atoms with van der Waals surface area (Å²) in [7, 11) is 0. The van der Waals surface area contributed by atoms with Gasteiger partial charge in [-0.05, 0) is 25.6 Å². The number of ketones is 1. The van der Waals surface area contributed by atoms with Gasteiger partial charge in [-0.25, -0.2) is 4.98 Å². The highest BCUT2D eigenvalue weighted by Gasteiger charge is 2.13. The smallest absolute Gasteiger partial charge is 0.213 e. The number of rotatable bonds is 4. The summed E-state index contributed by atoms with van der Waals surface area (Å²) < 4.78 is 0. The molecule has 88 valence electrons. The predicted molar refractivity (Wildman–Crippen MR) is 67.3 cm³/mol. The van der Waals surface area contributed by atoms with Gasteiger partial charge in [-0.2, -0.15) is 0 Å². The number of thiazole rings is 1. The van der Waals surface area contributed by atoms with Gasteiger partial charge in [-0.1, -0.05) is 0 Å². The van der Waals surface area contributed by atoms with E-state index in [2.05, 4.69) is 9.97 Å². The third-order valence-electron chi connectivity index (χ3n) is 2.32. The number of nitrogens with two attached hydrogens (primary N) is 1. The minimum atomic E-state index is -0.0861. The van der Waals surface area contributed by atoms with Crippen molar-refractivity contribution in [3.05, 3.63) is 45.7 Å². The van der Waals surface area contributed by atoms with Gasteiger partial charge in [0.25, 0.3) is 0 Å². The second-order valence-electron chi connectivity index (χ2n) is 3.68. The van der Waals surface area contributed by atoms with Gasteiger partial charge < -0.3 is 5.73 Å². The first kappa shape index (κ1) is 11.9. The Labute approximate surface area is 104 Å². The van der Waals surface area contributed by atoms with Crippen molar-refractivity contribution < 1.29 is 4.79 Å². The topological polar surface area (TPSA) is 68.9 Å². The lowest BCUT2D eigenvalue weighted by atomic mass is 10.1. The van der Waals surface area contributed by atoms with Crippen LogP contribution in [0, 0.1) is 6.92 Å². The Hall–Kier alpha value is -1.59. The highest BCUT2D eigenvalue weighted by atomic mass is 32.1. The fourth-order valence-electron chi connectivity index (χ4n) is 1.40. The molecule has 0 aliphatic heterocycles. The summed E-state index contributed by atoms with van der Waals surface area (Å²) in [6, 6.07) is 3.59. The molecule has 0 atom stereocenters. The molecule has 2 heterocycles. The molecule has 17 heavy (non-hydrogen) atoms. The molecule has 0 saturated carbocycles. The van der Waals surface area contributed by atoms with E-state index in [1.54, 1.807) is 17.6 Å². The van der Waals surface area contributed by atoms with E-state index in [9.17, 15) is 4.79 Å². The zero-order chi connectivity index (χ0) is 12.3. The highest BCUT2D eigenvalue weighted by molar-refractivity contribution is 7.09. The van der Waals surface area contributed by atoms with Crippen LogP contribution in [0.2, 0.25) is 0 Å². The predicted octanol–water partition coefficient (Wildman–Crippen LogP) is 1.58. The first-order valence-electron chi connectivity index (χ1n) is 5.32. The van der Waals surface area contributed by atoms with Crippen LogP contribution in [0.25, 0.3) is 0 Å². The molecule has 0 radical (unpaired) electrons. The van der Waals surface area contributed by atoms with E-state index in [0.29, 0.717) is 24.2 Å². The standard InChI is InChI=1S/C12H13N3OS/c1-8-2-3-9(6-14-8)12(16)10-7-17-11(15-10)4-5-13/h2-3,6-7H,4-5,13H2,1H3. The number of aromatic nitrogens is 2. The van der Waals surface area contributed by atoms with Gasteiger partial charge in [0, 0.05) is 29.3 Å². The monoisotopic (exact) mass is 247 g/mol. The van der Waals surface area contributed by atoms with E-state index in [1.165, 1.54) is 11.3 Å². The third kappa shape index (κ3) is 2.75. The quantitative estimate of drug-likeness (QED) is 0.833. The molecule has 0 aliphatic carbocycles. The summed E-state index contributed by atoms with van der Waals surface area (Å²) in [4.78, 5) is 20.4. The fraction of sp³-hybridized carbons (Fsp3) is 0.250. The molecule has 2 aromatic rings. The van der Waals surface area contributed by atoms with Gasteiger partial charge in [0.1, 0.15) is 5.69 Å². The van der Waals surface area contributed by atoms with Crippen LogP contribution in [0.3, 0.4) is 0 Å². The van der Waals surface area contributed by atoms with Crippen molar-refractivity contribution in [2.24, 2.45) is 5.73 Å². The molecule has 2 N–H and O–H groups in total.